The lowest BCUT2D eigenvalue weighted by Crippen LogP contribution is -2.10. The van der Waals surface area contributed by atoms with Gasteiger partial charge in [-0.3, -0.25) is 0 Å². The predicted octanol–water partition coefficient (Wildman–Crippen LogP) is 2.82. The van der Waals surface area contributed by atoms with Gasteiger partial charge in [-0.1, -0.05) is 39.3 Å². The summed E-state index contributed by atoms with van der Waals surface area (Å²) < 4.78 is 4.89. The maximum absolute atomic E-state index is 4.89. The third-order valence-corrected chi connectivity index (χ3v) is 1.41. The van der Waals surface area contributed by atoms with Crippen LogP contribution in [0.15, 0.2) is 0 Å². The highest BCUT2D eigenvalue weighted by Gasteiger charge is 1.99. The van der Waals surface area contributed by atoms with Gasteiger partial charge in [-0.25, -0.2) is 0 Å². The molecule has 1 nitrogen and oxygen atoms in total. The zero-order valence-corrected chi connectivity index (χ0v) is 14.8. The van der Waals surface area contributed by atoms with Crippen molar-refractivity contribution in [3.8, 4) is 0 Å². The molecule has 0 fully saturated rings. The Kier molecular flexibility index (Phi) is 18.6. The molecule has 0 radical (unpaired) electrons. The quantitative estimate of drug-likeness (QED) is 0.639. The van der Waals surface area contributed by atoms with Crippen molar-refractivity contribution in [1.82, 2.24) is 0 Å². The van der Waals surface area contributed by atoms with Gasteiger partial charge in [0, 0.05) is 24.7 Å². The van der Waals surface area contributed by atoms with Crippen LogP contribution in [0.25, 0.3) is 0 Å². The number of hydrogen-bond acceptors (Lipinski definition) is 1. The zero-order chi connectivity index (χ0) is 11.5. The molecule has 0 saturated heterocycles. The van der Waals surface area contributed by atoms with Crippen molar-refractivity contribution in [2.45, 2.75) is 52.4 Å². The molecular formula is C9H30OSi3. The molecule has 0 heterocycles. The Hall–Kier alpha value is 0.611. The van der Waals surface area contributed by atoms with E-state index in [-0.39, 0.29) is 0 Å². The molecule has 13 heavy (non-hydrogen) atoms. The van der Waals surface area contributed by atoms with Crippen molar-refractivity contribution in [2.24, 2.45) is 0 Å². The molecule has 0 aliphatic carbocycles. The summed E-state index contributed by atoms with van der Waals surface area (Å²) in [5.41, 5.74) is 0. The smallest absolute Gasteiger partial charge is 0.170 e. The van der Waals surface area contributed by atoms with Crippen molar-refractivity contribution in [3.05, 3.63) is 0 Å². The van der Waals surface area contributed by atoms with Gasteiger partial charge in [0.1, 0.15) is 0 Å². The van der Waals surface area contributed by atoms with Crippen LogP contribution >= 0.6 is 0 Å². The van der Waals surface area contributed by atoms with Crippen LogP contribution in [0.1, 0.15) is 0 Å². The topological polar surface area (TPSA) is 9.23 Å². The fourth-order valence-corrected chi connectivity index (χ4v) is 0. The van der Waals surface area contributed by atoms with E-state index in [1.807, 2.05) is 0 Å². The molecule has 0 aromatic carbocycles. The van der Waals surface area contributed by atoms with Crippen LogP contribution in [-0.2, 0) is 4.43 Å². The minimum Gasteiger partial charge on any atom is -0.424 e. The second-order valence-electron chi connectivity index (χ2n) is 4.99. The van der Waals surface area contributed by atoms with E-state index in [9.17, 15) is 0 Å². The monoisotopic (exact) mass is 238 g/mol. The Morgan fingerprint density at radius 1 is 1.00 bits per heavy atom. The molecule has 0 aromatic heterocycles. The molecule has 0 spiro atoms. The van der Waals surface area contributed by atoms with Crippen LogP contribution in [0.5, 0.6) is 0 Å². The van der Waals surface area contributed by atoms with Crippen LogP contribution in [-0.4, -0.2) is 33.7 Å². The summed E-state index contributed by atoms with van der Waals surface area (Å²) in [6.07, 6.45) is 0. The van der Waals surface area contributed by atoms with E-state index in [1.165, 1.54) is 0 Å². The maximum Gasteiger partial charge on any atom is 0.170 e. The standard InChI is InChI=1S/C4H12Si.C3H10OSi.C2H8Si/c1-5(2,3)4;1-4-5(2)3;1-3-2/h1-4H3;5H,1-3H3;3H2,1-2H3. The fourth-order valence-electron chi connectivity index (χ4n) is 0. The molecule has 0 rings (SSSR count). The maximum atomic E-state index is 4.89. The summed E-state index contributed by atoms with van der Waals surface area (Å²) in [5.74, 6) is 0. The van der Waals surface area contributed by atoms with Crippen LogP contribution in [0.3, 0.4) is 0 Å². The highest BCUT2D eigenvalue weighted by atomic mass is 28.3. The molecular weight excluding hydrogens is 208 g/mol. The fraction of sp³-hybridized carbons (Fsp3) is 1.00. The SMILES string of the molecule is CO[SiH](C)C.C[SiH2]C.C[Si](C)(C)C. The normalized spacial score (nSPS) is 9.69. The lowest BCUT2D eigenvalue weighted by atomic mass is 11.8. The van der Waals surface area contributed by atoms with Gasteiger partial charge in [0.05, 0.1) is 0 Å². The first-order chi connectivity index (χ1) is 5.68. The van der Waals surface area contributed by atoms with E-state index in [1.54, 1.807) is 7.11 Å². The van der Waals surface area contributed by atoms with Crippen molar-refractivity contribution in [2.75, 3.05) is 7.11 Å². The third kappa shape index (κ3) is 208. The largest absolute Gasteiger partial charge is 0.424 e. The Balaban J connectivity index is -0.000000120. The van der Waals surface area contributed by atoms with Crippen LogP contribution in [0, 0.1) is 0 Å². The van der Waals surface area contributed by atoms with Crippen molar-refractivity contribution in [1.29, 1.82) is 0 Å². The summed E-state index contributed by atoms with van der Waals surface area (Å²) in [6, 6.07) is 0. The van der Waals surface area contributed by atoms with E-state index in [0.29, 0.717) is 9.52 Å². The molecule has 0 aliphatic heterocycles. The van der Waals surface area contributed by atoms with Gasteiger partial charge in [-0.15, -0.1) is 0 Å². The van der Waals surface area contributed by atoms with E-state index in [2.05, 4.69) is 52.4 Å². The summed E-state index contributed by atoms with van der Waals surface area (Å²) in [7, 11) is 0.917. The van der Waals surface area contributed by atoms with Gasteiger partial charge < -0.3 is 4.43 Å². The Morgan fingerprint density at radius 2 is 1.08 bits per heavy atom. The average Bonchev–Trinajstić information content (AvgIpc) is 1.85. The Bertz CT molecular complexity index is 73.4. The third-order valence-electron chi connectivity index (χ3n) is 0.471. The van der Waals surface area contributed by atoms with Gasteiger partial charge >= 0.3 is 0 Å². The first-order valence-corrected chi connectivity index (χ1v) is 14.8. The minimum absolute atomic E-state index is 0.417. The number of rotatable bonds is 1. The highest BCUT2D eigenvalue weighted by molar-refractivity contribution is 6.74. The van der Waals surface area contributed by atoms with Crippen LogP contribution < -0.4 is 0 Å². The predicted molar refractivity (Wildman–Crippen MR) is 75.4 cm³/mol. The summed E-state index contributed by atoms with van der Waals surface area (Å²) in [6.45, 7) is 18.1. The minimum atomic E-state index is -0.650. The molecule has 0 bridgehead atoms. The average molecular weight is 239 g/mol. The zero-order valence-electron chi connectivity index (χ0n) is 11.2. The highest BCUT2D eigenvalue weighted by Crippen LogP contribution is 1.94. The summed E-state index contributed by atoms with van der Waals surface area (Å²) in [5, 5.41) is 0. The van der Waals surface area contributed by atoms with Crippen LogP contribution in [0.4, 0.5) is 0 Å². The van der Waals surface area contributed by atoms with Crippen molar-refractivity contribution in [3.63, 3.8) is 0 Å². The molecule has 4 heteroatoms. The summed E-state index contributed by atoms with van der Waals surface area (Å²) >= 11 is 0. The molecule has 0 atom stereocenters. The van der Waals surface area contributed by atoms with E-state index in [4.69, 9.17) is 4.43 Å². The molecule has 0 N–H and O–H groups in total. The molecule has 0 aliphatic rings. The molecule has 0 amide bonds. The first-order valence-electron chi connectivity index (χ1n) is 5.21. The second-order valence-corrected chi connectivity index (χ2v) is 15.0. The number of hydrogen-bond donors (Lipinski definition) is 0. The van der Waals surface area contributed by atoms with Crippen molar-refractivity contribution >= 4 is 26.6 Å². The van der Waals surface area contributed by atoms with E-state index in [0.717, 1.165) is 0 Å². The van der Waals surface area contributed by atoms with Crippen molar-refractivity contribution < 1.29 is 4.43 Å². The molecule has 0 unspecified atom stereocenters. The second kappa shape index (κ2) is 12.6. The van der Waals surface area contributed by atoms with Gasteiger partial charge in [-0.2, -0.15) is 0 Å². The molecule has 84 valence electrons. The van der Waals surface area contributed by atoms with Gasteiger partial charge in [0.15, 0.2) is 9.04 Å². The van der Waals surface area contributed by atoms with Gasteiger partial charge in [-0.05, 0) is 13.1 Å². The van der Waals surface area contributed by atoms with E-state index >= 15 is 0 Å². The summed E-state index contributed by atoms with van der Waals surface area (Å²) in [4.78, 5) is 0. The Morgan fingerprint density at radius 3 is 1.08 bits per heavy atom. The molecule has 0 aromatic rings. The van der Waals surface area contributed by atoms with Gasteiger partial charge in [0.25, 0.3) is 0 Å². The molecule has 0 saturated carbocycles. The lowest BCUT2D eigenvalue weighted by molar-refractivity contribution is 0.430. The Labute approximate surface area is 90.8 Å². The lowest BCUT2D eigenvalue weighted by Gasteiger charge is -2.01. The van der Waals surface area contributed by atoms with Gasteiger partial charge in [0.2, 0.25) is 0 Å². The van der Waals surface area contributed by atoms with E-state index < -0.39 is 17.1 Å². The van der Waals surface area contributed by atoms with Crippen LogP contribution in [0.2, 0.25) is 52.4 Å². The first kappa shape index (κ1) is 19.2.